The van der Waals surface area contributed by atoms with Crippen molar-refractivity contribution in [2.24, 2.45) is 5.41 Å². The minimum Gasteiger partial charge on any atom is -0.508 e. The zero-order valence-corrected chi connectivity index (χ0v) is 15.3. The molecule has 6 rings (SSSR count). The lowest BCUT2D eigenvalue weighted by Gasteiger charge is -2.37. The second-order valence-corrected chi connectivity index (χ2v) is 8.56. The normalized spacial score (nSPS) is 25.2. The molecule has 3 aliphatic rings. The summed E-state index contributed by atoms with van der Waals surface area (Å²) >= 11 is 0. The van der Waals surface area contributed by atoms with Crippen LogP contribution in [-0.4, -0.2) is 30.6 Å². The van der Waals surface area contributed by atoms with E-state index in [4.69, 9.17) is 0 Å². The van der Waals surface area contributed by atoms with Crippen molar-refractivity contribution in [1.29, 1.82) is 0 Å². The van der Waals surface area contributed by atoms with E-state index in [9.17, 15) is 30.6 Å². The number of aromatic hydroxyl groups is 6. The minimum atomic E-state index is -1.04. The quantitative estimate of drug-likeness (QED) is 0.351. The van der Waals surface area contributed by atoms with E-state index in [-0.39, 0.29) is 34.5 Å². The maximum Gasteiger partial charge on any atom is 0.124 e. The third-order valence-electron chi connectivity index (χ3n) is 7.06. The van der Waals surface area contributed by atoms with Crippen LogP contribution in [0.25, 0.3) is 0 Å². The molecule has 3 aliphatic carbocycles. The lowest BCUT2D eigenvalue weighted by molar-refractivity contribution is 0.247. The van der Waals surface area contributed by atoms with E-state index in [2.05, 4.69) is 0 Å². The summed E-state index contributed by atoms with van der Waals surface area (Å²) in [6, 6.07) is 8.68. The Kier molecular flexibility index (Phi) is 2.67. The van der Waals surface area contributed by atoms with Gasteiger partial charge in [0.2, 0.25) is 0 Å². The van der Waals surface area contributed by atoms with Gasteiger partial charge in [0.05, 0.1) is 5.41 Å². The molecule has 3 aromatic carbocycles. The molecule has 0 heterocycles. The van der Waals surface area contributed by atoms with Gasteiger partial charge in [-0.15, -0.1) is 0 Å². The highest BCUT2D eigenvalue weighted by Crippen LogP contribution is 2.74. The Bertz CT molecular complexity index is 1110. The number of benzene rings is 3. The number of hydrogen-bond donors (Lipinski definition) is 6. The first-order chi connectivity index (χ1) is 13.8. The average Bonchev–Trinajstić information content (AvgIpc) is 3.07. The van der Waals surface area contributed by atoms with Crippen LogP contribution in [0.5, 0.6) is 34.5 Å². The fourth-order valence-electron chi connectivity index (χ4n) is 6.57. The third-order valence-corrected chi connectivity index (χ3v) is 7.06. The molecule has 0 aliphatic heterocycles. The summed E-state index contributed by atoms with van der Waals surface area (Å²) in [6.07, 6.45) is 1.52. The van der Waals surface area contributed by atoms with Crippen LogP contribution in [0.4, 0.5) is 0 Å². The average molecular weight is 390 g/mol. The van der Waals surface area contributed by atoms with Gasteiger partial charge in [-0.25, -0.2) is 0 Å². The Morgan fingerprint density at radius 2 is 0.793 bits per heavy atom. The fraction of sp³-hybridized carbons (Fsp3) is 0.217. The minimum absolute atomic E-state index is 0.0441. The maximum atomic E-state index is 10.9. The SMILES string of the molecule is Oc1cc(O)c2c(c1)CC13Cc4cc(O)cc(O)c4C21c1c(O)cc(O)cc1C3. The van der Waals surface area contributed by atoms with Crippen LogP contribution in [0.1, 0.15) is 33.4 Å². The third kappa shape index (κ3) is 1.65. The van der Waals surface area contributed by atoms with Gasteiger partial charge in [0, 0.05) is 40.3 Å². The zero-order chi connectivity index (χ0) is 20.3. The molecule has 3 aromatic rings. The van der Waals surface area contributed by atoms with Crippen LogP contribution in [0, 0.1) is 5.41 Å². The summed E-state index contributed by atoms with van der Waals surface area (Å²) < 4.78 is 0. The second kappa shape index (κ2) is 4.71. The van der Waals surface area contributed by atoms with Crippen molar-refractivity contribution in [2.75, 3.05) is 0 Å². The van der Waals surface area contributed by atoms with Crippen molar-refractivity contribution >= 4 is 0 Å². The molecule has 0 saturated heterocycles. The van der Waals surface area contributed by atoms with Crippen LogP contribution in [0.2, 0.25) is 0 Å². The van der Waals surface area contributed by atoms with Gasteiger partial charge in [-0.3, -0.25) is 0 Å². The summed E-state index contributed by atoms with van der Waals surface area (Å²) in [5, 5.41) is 62.9. The Morgan fingerprint density at radius 1 is 0.483 bits per heavy atom. The topological polar surface area (TPSA) is 121 Å². The van der Waals surface area contributed by atoms with Crippen molar-refractivity contribution in [2.45, 2.75) is 24.7 Å². The molecule has 0 aromatic heterocycles. The largest absolute Gasteiger partial charge is 0.508 e. The predicted molar refractivity (Wildman–Crippen MR) is 103 cm³/mol. The van der Waals surface area contributed by atoms with Gasteiger partial charge in [-0.2, -0.15) is 0 Å². The summed E-state index contributed by atoms with van der Waals surface area (Å²) in [5.41, 5.74) is 2.36. The van der Waals surface area contributed by atoms with Crippen LogP contribution < -0.4 is 0 Å². The molecule has 0 saturated carbocycles. The highest BCUT2D eigenvalue weighted by molar-refractivity contribution is 5.78. The van der Waals surface area contributed by atoms with E-state index in [1.807, 2.05) is 0 Å². The van der Waals surface area contributed by atoms with E-state index < -0.39 is 10.8 Å². The Balaban J connectivity index is 1.84. The molecule has 6 N–H and O–H groups in total. The molecule has 0 amide bonds. The molecule has 0 bridgehead atoms. The number of hydrogen-bond acceptors (Lipinski definition) is 6. The van der Waals surface area contributed by atoms with Gasteiger partial charge in [0.25, 0.3) is 0 Å². The molecule has 6 heteroatoms. The van der Waals surface area contributed by atoms with Gasteiger partial charge < -0.3 is 30.6 Å². The molecule has 0 fully saturated rings. The van der Waals surface area contributed by atoms with Gasteiger partial charge in [-0.1, -0.05) is 0 Å². The summed E-state index contributed by atoms with van der Waals surface area (Å²) in [6.45, 7) is 0. The summed E-state index contributed by atoms with van der Waals surface area (Å²) in [7, 11) is 0. The maximum absolute atomic E-state index is 10.9. The Labute approximate surface area is 165 Å². The Hall–Kier alpha value is -3.54. The Morgan fingerprint density at radius 3 is 1.10 bits per heavy atom. The van der Waals surface area contributed by atoms with Gasteiger partial charge in [0.1, 0.15) is 34.5 Å². The molecular formula is C23H18O6. The highest BCUT2D eigenvalue weighted by Gasteiger charge is 2.70. The molecule has 0 unspecified atom stereocenters. The lowest BCUT2D eigenvalue weighted by Crippen LogP contribution is -2.38. The van der Waals surface area contributed by atoms with Crippen molar-refractivity contribution < 1.29 is 30.6 Å². The van der Waals surface area contributed by atoms with Crippen molar-refractivity contribution in [3.63, 3.8) is 0 Å². The van der Waals surface area contributed by atoms with Crippen molar-refractivity contribution in [1.82, 2.24) is 0 Å². The van der Waals surface area contributed by atoms with Crippen LogP contribution >= 0.6 is 0 Å². The van der Waals surface area contributed by atoms with Crippen LogP contribution in [-0.2, 0) is 24.7 Å². The molecule has 6 nitrogen and oxygen atoms in total. The molecular weight excluding hydrogens is 372 g/mol. The van der Waals surface area contributed by atoms with E-state index in [0.29, 0.717) is 36.0 Å². The molecule has 146 valence electrons. The smallest absolute Gasteiger partial charge is 0.124 e. The zero-order valence-electron chi connectivity index (χ0n) is 15.3. The summed E-state index contributed by atoms with van der Waals surface area (Å²) in [4.78, 5) is 0. The molecule has 0 radical (unpaired) electrons. The number of phenolic OH excluding ortho intramolecular Hbond substituents is 6. The fourth-order valence-corrected chi connectivity index (χ4v) is 6.57. The van der Waals surface area contributed by atoms with E-state index in [0.717, 1.165) is 16.7 Å². The van der Waals surface area contributed by atoms with Crippen LogP contribution in [0.15, 0.2) is 36.4 Å². The first-order valence-corrected chi connectivity index (χ1v) is 9.43. The van der Waals surface area contributed by atoms with E-state index in [1.165, 1.54) is 18.2 Å². The first-order valence-electron chi connectivity index (χ1n) is 9.43. The molecule has 29 heavy (non-hydrogen) atoms. The first kappa shape index (κ1) is 16.4. The summed E-state index contributed by atoms with van der Waals surface area (Å²) in [5.74, 6) is -0.459. The van der Waals surface area contributed by atoms with Gasteiger partial charge >= 0.3 is 0 Å². The number of fused-ring (bicyclic) bond motifs is 3. The lowest BCUT2D eigenvalue weighted by atomic mass is 9.63. The van der Waals surface area contributed by atoms with Gasteiger partial charge in [-0.05, 0) is 54.2 Å². The van der Waals surface area contributed by atoms with Gasteiger partial charge in [0.15, 0.2) is 0 Å². The number of phenols is 6. The number of rotatable bonds is 0. The van der Waals surface area contributed by atoms with E-state index in [1.54, 1.807) is 18.2 Å². The van der Waals surface area contributed by atoms with E-state index >= 15 is 0 Å². The van der Waals surface area contributed by atoms with Crippen LogP contribution in [0.3, 0.4) is 0 Å². The monoisotopic (exact) mass is 390 g/mol. The second-order valence-electron chi connectivity index (χ2n) is 8.56. The van der Waals surface area contributed by atoms with Crippen molar-refractivity contribution in [3.8, 4) is 34.5 Å². The standard InChI is InChI=1S/C23H18O6/c24-13-1-10-7-22-8-11-2-14(25)5-17(28)20(11)23(22,19(10)16(27)4-13)21-12(9-22)3-15(26)6-18(21)29/h1-6,24-29H,7-9H2. The molecule has 0 atom stereocenters. The van der Waals surface area contributed by atoms with Crippen molar-refractivity contribution in [3.05, 3.63) is 69.8 Å². The molecule has 0 spiro atoms. The highest BCUT2D eigenvalue weighted by atomic mass is 16.3. The predicted octanol–water partition coefficient (Wildman–Crippen LogP) is 2.91.